The van der Waals surface area contributed by atoms with Crippen LogP contribution >= 0.6 is 22.7 Å². The molecule has 2 aromatic carbocycles. The molecule has 1 aliphatic heterocycles. The van der Waals surface area contributed by atoms with Crippen molar-refractivity contribution >= 4 is 60.6 Å². The minimum absolute atomic E-state index is 0.499. The molecule has 0 aliphatic carbocycles. The van der Waals surface area contributed by atoms with Crippen molar-refractivity contribution in [3.63, 3.8) is 0 Å². The fourth-order valence-electron chi connectivity index (χ4n) is 4.57. The fourth-order valence-corrected chi connectivity index (χ4v) is 6.13. The number of ether oxygens (including phenoxy) is 2. The van der Waals surface area contributed by atoms with E-state index in [0.717, 1.165) is 69.2 Å². The number of benzene rings is 2. The highest BCUT2D eigenvalue weighted by molar-refractivity contribution is 7.20. The van der Waals surface area contributed by atoms with Gasteiger partial charge in [-0.25, -0.2) is 4.98 Å². The Morgan fingerprint density at radius 3 is 2.19 bits per heavy atom. The summed E-state index contributed by atoms with van der Waals surface area (Å²) in [7, 11) is 1.70. The summed E-state index contributed by atoms with van der Waals surface area (Å²) in [6, 6.07) is 16.7. The first-order valence-electron chi connectivity index (χ1n) is 14.2. The number of anilines is 7. The molecule has 6 N–H and O–H groups in total. The standard InChI is InChI=1S/C30H40N8O2S2/c1-21-18-24(33-36-28-11-12-29(42-28)38-13-4-5-14-38)8-9-26(21)34-32-23-7-10-27(22(2)17-23)35-37-30-31-25(20-41-30)19-40-16-6-15-39-3/h7-12,17-18,20,32-36H,4-6,13-16,19H2,1-3H3,(H,31,37). The molecular formula is C30H40N8O2S2. The van der Waals surface area contributed by atoms with Crippen LogP contribution in [0.2, 0.25) is 0 Å². The Labute approximate surface area is 255 Å². The molecule has 224 valence electrons. The molecule has 0 radical (unpaired) electrons. The molecule has 10 nitrogen and oxygen atoms in total. The number of aromatic nitrogens is 1. The SMILES string of the molecule is COCCCOCc1csc(NNc2ccc(NNc3ccc(NNc4ccc(N5CCCC5)s4)cc3C)cc2C)n1. The van der Waals surface area contributed by atoms with Crippen LogP contribution in [0.4, 0.5) is 37.9 Å². The molecule has 0 spiro atoms. The molecule has 0 amide bonds. The Bertz CT molecular complexity index is 1420. The average Bonchev–Trinajstić information content (AvgIpc) is 3.78. The first-order chi connectivity index (χ1) is 20.6. The lowest BCUT2D eigenvalue weighted by molar-refractivity contribution is 0.0913. The van der Waals surface area contributed by atoms with E-state index in [1.807, 2.05) is 17.5 Å². The lowest BCUT2D eigenvalue weighted by Gasteiger charge is -2.16. The number of hydrogen-bond acceptors (Lipinski definition) is 12. The van der Waals surface area contributed by atoms with Gasteiger partial charge in [0.05, 0.1) is 40.1 Å². The molecule has 1 saturated heterocycles. The zero-order valence-electron chi connectivity index (χ0n) is 24.4. The highest BCUT2D eigenvalue weighted by atomic mass is 32.1. The second-order valence-electron chi connectivity index (χ2n) is 10.2. The third-order valence-electron chi connectivity index (χ3n) is 6.88. The summed E-state index contributed by atoms with van der Waals surface area (Å²) in [4.78, 5) is 7.02. The molecule has 0 bridgehead atoms. The van der Waals surface area contributed by atoms with Crippen molar-refractivity contribution in [2.75, 3.05) is 70.9 Å². The summed E-state index contributed by atoms with van der Waals surface area (Å²) in [6.07, 6.45) is 3.45. The van der Waals surface area contributed by atoms with Crippen LogP contribution in [0.15, 0.2) is 53.9 Å². The highest BCUT2D eigenvalue weighted by Crippen LogP contribution is 2.32. The minimum atomic E-state index is 0.499. The van der Waals surface area contributed by atoms with Crippen LogP contribution in [-0.2, 0) is 16.1 Å². The predicted molar refractivity (Wildman–Crippen MR) is 178 cm³/mol. The van der Waals surface area contributed by atoms with Crippen molar-refractivity contribution in [3.05, 3.63) is 70.7 Å². The lowest BCUT2D eigenvalue weighted by Crippen LogP contribution is -2.15. The van der Waals surface area contributed by atoms with Crippen molar-refractivity contribution < 1.29 is 9.47 Å². The predicted octanol–water partition coefficient (Wildman–Crippen LogP) is 7.29. The smallest absolute Gasteiger partial charge is 0.201 e. The van der Waals surface area contributed by atoms with Crippen molar-refractivity contribution in [2.24, 2.45) is 0 Å². The topological polar surface area (TPSA) is 107 Å². The number of rotatable bonds is 16. The van der Waals surface area contributed by atoms with Gasteiger partial charge in [0.1, 0.15) is 5.00 Å². The molecule has 42 heavy (non-hydrogen) atoms. The number of aryl methyl sites for hydroxylation is 2. The lowest BCUT2D eigenvalue weighted by atomic mass is 10.2. The molecule has 5 rings (SSSR count). The normalized spacial score (nSPS) is 12.8. The van der Waals surface area contributed by atoms with E-state index in [4.69, 9.17) is 9.47 Å². The van der Waals surface area contributed by atoms with Crippen LogP contribution < -0.4 is 37.5 Å². The first-order valence-corrected chi connectivity index (χ1v) is 15.9. The summed E-state index contributed by atoms with van der Waals surface area (Å²) in [5.41, 5.74) is 26.9. The summed E-state index contributed by atoms with van der Waals surface area (Å²) >= 11 is 3.32. The zero-order chi connectivity index (χ0) is 29.1. The van der Waals surface area contributed by atoms with Crippen LogP contribution in [-0.4, -0.2) is 38.4 Å². The fraction of sp³-hybridized carbons (Fsp3) is 0.367. The van der Waals surface area contributed by atoms with Crippen LogP contribution in [0.5, 0.6) is 0 Å². The van der Waals surface area contributed by atoms with Crippen molar-refractivity contribution in [3.8, 4) is 0 Å². The van der Waals surface area contributed by atoms with Gasteiger partial charge in [-0.2, -0.15) is 0 Å². The van der Waals surface area contributed by atoms with Gasteiger partial charge in [-0.15, -0.1) is 11.3 Å². The van der Waals surface area contributed by atoms with Gasteiger partial charge in [-0.3, -0.25) is 16.3 Å². The molecule has 12 heteroatoms. The molecule has 0 unspecified atom stereocenters. The third-order valence-corrected chi connectivity index (χ3v) is 8.74. The number of nitrogens with one attached hydrogen (secondary N) is 6. The van der Waals surface area contributed by atoms with Gasteiger partial charge in [-0.05, 0) is 92.8 Å². The van der Waals surface area contributed by atoms with Gasteiger partial charge in [0, 0.05) is 38.8 Å². The second kappa shape index (κ2) is 15.0. The van der Waals surface area contributed by atoms with E-state index in [1.54, 1.807) is 29.8 Å². The molecule has 1 fully saturated rings. The Balaban J connectivity index is 1.06. The Kier molecular flexibility index (Phi) is 10.6. The molecular weight excluding hydrogens is 569 g/mol. The second-order valence-corrected chi connectivity index (χ2v) is 12.1. The van der Waals surface area contributed by atoms with Crippen molar-refractivity contribution in [1.29, 1.82) is 0 Å². The van der Waals surface area contributed by atoms with Gasteiger partial charge >= 0.3 is 0 Å². The maximum atomic E-state index is 5.64. The number of methoxy groups -OCH3 is 1. The maximum absolute atomic E-state index is 5.64. The molecule has 0 saturated carbocycles. The van der Waals surface area contributed by atoms with E-state index >= 15 is 0 Å². The maximum Gasteiger partial charge on any atom is 0.201 e. The Morgan fingerprint density at radius 1 is 0.810 bits per heavy atom. The molecule has 1 aliphatic rings. The quantitative estimate of drug-likeness (QED) is 0.0574. The van der Waals surface area contributed by atoms with Gasteiger partial charge in [0.25, 0.3) is 0 Å². The van der Waals surface area contributed by atoms with Crippen LogP contribution in [0.3, 0.4) is 0 Å². The number of thiophene rings is 1. The summed E-state index contributed by atoms with van der Waals surface area (Å²) in [5, 5.41) is 5.23. The minimum Gasteiger partial charge on any atom is -0.385 e. The van der Waals surface area contributed by atoms with Gasteiger partial charge in [0.15, 0.2) is 0 Å². The molecule has 4 aromatic rings. The number of nitrogens with zero attached hydrogens (tertiary/aromatic N) is 2. The van der Waals surface area contributed by atoms with Crippen LogP contribution in [0.1, 0.15) is 36.1 Å². The molecule has 3 heterocycles. The van der Waals surface area contributed by atoms with Crippen LogP contribution in [0, 0.1) is 13.8 Å². The Morgan fingerprint density at radius 2 is 1.50 bits per heavy atom. The summed E-state index contributed by atoms with van der Waals surface area (Å²) in [5.74, 6) is 0. The van der Waals surface area contributed by atoms with E-state index in [1.165, 1.54) is 17.8 Å². The van der Waals surface area contributed by atoms with E-state index < -0.39 is 0 Å². The number of hydrazine groups is 3. The van der Waals surface area contributed by atoms with Gasteiger partial charge in [0.2, 0.25) is 5.13 Å². The molecule has 0 atom stereocenters. The highest BCUT2D eigenvalue weighted by Gasteiger charge is 2.14. The van der Waals surface area contributed by atoms with Crippen molar-refractivity contribution in [2.45, 2.75) is 39.7 Å². The monoisotopic (exact) mass is 608 g/mol. The largest absolute Gasteiger partial charge is 0.385 e. The summed E-state index contributed by atoms with van der Waals surface area (Å²) < 4.78 is 10.7. The van der Waals surface area contributed by atoms with Crippen molar-refractivity contribution in [1.82, 2.24) is 4.98 Å². The zero-order valence-corrected chi connectivity index (χ0v) is 26.0. The third kappa shape index (κ3) is 8.41. The van der Waals surface area contributed by atoms with Crippen LogP contribution in [0.25, 0.3) is 0 Å². The summed E-state index contributed by atoms with van der Waals surface area (Å²) in [6.45, 7) is 8.34. The van der Waals surface area contributed by atoms with E-state index in [2.05, 4.69) is 92.7 Å². The van der Waals surface area contributed by atoms with E-state index in [0.29, 0.717) is 19.8 Å². The van der Waals surface area contributed by atoms with Gasteiger partial charge in [-0.1, -0.05) is 11.3 Å². The number of thiazole rings is 1. The van der Waals surface area contributed by atoms with E-state index in [-0.39, 0.29) is 0 Å². The average molecular weight is 609 g/mol. The first kappa shape index (κ1) is 29.8. The molecule has 2 aromatic heterocycles. The van der Waals surface area contributed by atoms with E-state index in [9.17, 15) is 0 Å². The Hall–Kier alpha value is -3.71. The number of hydrogen-bond donors (Lipinski definition) is 6. The van der Waals surface area contributed by atoms with Gasteiger partial charge < -0.3 is 30.7 Å².